The van der Waals surface area contributed by atoms with Gasteiger partial charge in [-0.25, -0.2) is 4.79 Å². The number of esters is 2. The van der Waals surface area contributed by atoms with Gasteiger partial charge in [-0.05, 0) is 31.8 Å². The first-order valence-electron chi connectivity index (χ1n) is 12.8. The van der Waals surface area contributed by atoms with Crippen LogP contribution in [0.25, 0.3) is 0 Å². The molecule has 0 amide bonds. The number of carbonyl (C=O) groups is 4. The lowest BCUT2D eigenvalue weighted by Gasteiger charge is -2.56. The molecule has 200 valence electrons. The Kier molecular flexibility index (Phi) is 5.91. The van der Waals surface area contributed by atoms with E-state index in [1.165, 1.54) is 14.0 Å². The number of ketones is 2. The molecule has 0 aromatic rings. The zero-order chi connectivity index (χ0) is 26.9. The van der Waals surface area contributed by atoms with Crippen LogP contribution in [0.5, 0.6) is 0 Å². The minimum absolute atomic E-state index is 0.0401. The lowest BCUT2D eigenvalue weighted by Crippen LogP contribution is -2.65. The van der Waals surface area contributed by atoms with Gasteiger partial charge in [-0.2, -0.15) is 0 Å². The molecular weight excluding hydrogens is 480 g/mol. The van der Waals surface area contributed by atoms with Gasteiger partial charge in [-0.15, -0.1) is 0 Å². The highest BCUT2D eigenvalue weighted by Crippen LogP contribution is 2.63. The molecule has 5 aliphatic rings. The molecule has 0 spiro atoms. The molecule has 37 heavy (non-hydrogen) atoms. The summed E-state index contributed by atoms with van der Waals surface area (Å²) >= 11 is 0. The van der Waals surface area contributed by atoms with Gasteiger partial charge in [0.15, 0.2) is 5.76 Å². The number of aliphatic hydroxyl groups excluding tert-OH is 1. The summed E-state index contributed by atoms with van der Waals surface area (Å²) in [5, 5.41) is 11.5. The Morgan fingerprint density at radius 1 is 1.22 bits per heavy atom. The van der Waals surface area contributed by atoms with Crippen molar-refractivity contribution >= 4 is 23.5 Å². The molecule has 2 saturated heterocycles. The van der Waals surface area contributed by atoms with Gasteiger partial charge in [-0.3, -0.25) is 14.4 Å². The number of aliphatic hydroxyl groups is 1. The summed E-state index contributed by atoms with van der Waals surface area (Å²) in [5.74, 6) is -2.73. The average Bonchev–Trinajstić information content (AvgIpc) is 3.42. The van der Waals surface area contributed by atoms with Crippen molar-refractivity contribution in [2.24, 2.45) is 16.6 Å². The van der Waals surface area contributed by atoms with Crippen LogP contribution < -0.4 is 5.73 Å². The predicted octanol–water partition coefficient (Wildman–Crippen LogP) is 1.64. The number of ether oxygens (including phenoxy) is 3. The van der Waals surface area contributed by atoms with Crippen molar-refractivity contribution < 1.29 is 38.5 Å². The van der Waals surface area contributed by atoms with E-state index in [4.69, 9.17) is 19.9 Å². The van der Waals surface area contributed by atoms with Crippen LogP contribution in [0.3, 0.4) is 0 Å². The highest BCUT2D eigenvalue weighted by atomic mass is 16.6. The van der Waals surface area contributed by atoms with E-state index in [-0.39, 0.29) is 48.4 Å². The van der Waals surface area contributed by atoms with E-state index >= 15 is 0 Å². The second kappa shape index (κ2) is 8.52. The molecule has 0 bridgehead atoms. The normalized spacial score (nSPS) is 38.6. The van der Waals surface area contributed by atoms with Gasteiger partial charge in [0.25, 0.3) is 0 Å². The molecule has 10 heteroatoms. The van der Waals surface area contributed by atoms with Gasteiger partial charge in [0.05, 0.1) is 28.5 Å². The van der Waals surface area contributed by atoms with Crippen molar-refractivity contribution in [1.82, 2.24) is 4.90 Å². The van der Waals surface area contributed by atoms with Crippen molar-refractivity contribution in [3.63, 3.8) is 0 Å². The topological polar surface area (TPSA) is 145 Å². The number of cyclic esters (lactones) is 1. The Morgan fingerprint density at radius 3 is 2.51 bits per heavy atom. The summed E-state index contributed by atoms with van der Waals surface area (Å²) in [5.41, 5.74) is 3.73. The van der Waals surface area contributed by atoms with E-state index in [0.29, 0.717) is 5.57 Å². The molecule has 1 saturated carbocycles. The quantitative estimate of drug-likeness (QED) is 0.419. The maximum Gasteiger partial charge on any atom is 0.340 e. The zero-order valence-electron chi connectivity index (χ0n) is 21.7. The summed E-state index contributed by atoms with van der Waals surface area (Å²) in [4.78, 5) is 54.6. The standard InChI is InChI=1S/C27H34N2O8/c1-14(30)36-16-11-25(2)17(31)7-8-27(25,28)21-20(16)26(3)18(13-35-4)37-24(34)15(12-29-9-5-6-10-29)19(26)22(32)23(21)33/h12,16,18,32H,5-11,13,28H2,1-4H3/b15-12+/t16-,18-,25-,26+,27-/m1/s1. The smallest absolute Gasteiger partial charge is 0.340 e. The largest absolute Gasteiger partial charge is 0.504 e. The Labute approximate surface area is 215 Å². The lowest BCUT2D eigenvalue weighted by atomic mass is 9.51. The van der Waals surface area contributed by atoms with Crippen LogP contribution in [0, 0.1) is 10.8 Å². The van der Waals surface area contributed by atoms with Gasteiger partial charge in [0.1, 0.15) is 18.0 Å². The number of fused-ring (bicyclic) bond motifs is 4. The van der Waals surface area contributed by atoms with E-state index < -0.39 is 52.1 Å². The second-order valence-corrected chi connectivity index (χ2v) is 11.2. The highest BCUT2D eigenvalue weighted by molar-refractivity contribution is 6.15. The minimum atomic E-state index is -1.38. The minimum Gasteiger partial charge on any atom is -0.504 e. The maximum atomic E-state index is 14.0. The van der Waals surface area contributed by atoms with Crippen LogP contribution >= 0.6 is 0 Å². The van der Waals surface area contributed by atoms with Crippen LogP contribution in [-0.2, 0) is 33.4 Å². The summed E-state index contributed by atoms with van der Waals surface area (Å²) in [6.07, 6.45) is 2.08. The first kappa shape index (κ1) is 25.7. The number of carbonyl (C=O) groups excluding carboxylic acids is 4. The molecule has 2 aliphatic heterocycles. The molecule has 2 heterocycles. The molecule has 10 nitrogen and oxygen atoms in total. The SMILES string of the molecule is COC[C@H]1OC(=O)/C(=C/N2CCCC2)C2=C(O)C(=O)C3=C([C@H](OC(C)=O)C[C@]4(C)C(=O)CC[C@@]34N)[C@]21C. The van der Waals surface area contributed by atoms with Crippen molar-refractivity contribution in [2.75, 3.05) is 26.8 Å². The molecule has 0 unspecified atom stereocenters. The zero-order valence-corrected chi connectivity index (χ0v) is 21.7. The van der Waals surface area contributed by atoms with Crippen molar-refractivity contribution in [2.45, 2.75) is 70.6 Å². The second-order valence-electron chi connectivity index (χ2n) is 11.2. The Morgan fingerprint density at radius 2 is 1.89 bits per heavy atom. The molecular formula is C27H34N2O8. The Hall–Kier alpha value is -2.98. The summed E-state index contributed by atoms with van der Waals surface area (Å²) < 4.78 is 17.1. The number of allylic oxidation sites excluding steroid dienone is 1. The maximum absolute atomic E-state index is 14.0. The van der Waals surface area contributed by atoms with E-state index in [2.05, 4.69) is 0 Å². The first-order valence-corrected chi connectivity index (χ1v) is 12.8. The number of Topliss-reactive ketones (excluding diaryl/α,β-unsaturated/α-hetero) is 2. The molecule has 3 N–H and O–H groups in total. The van der Waals surface area contributed by atoms with Crippen LogP contribution in [0.2, 0.25) is 0 Å². The molecule has 3 aliphatic carbocycles. The third kappa shape index (κ3) is 3.38. The third-order valence-corrected chi connectivity index (χ3v) is 9.20. The van der Waals surface area contributed by atoms with Crippen molar-refractivity contribution in [3.05, 3.63) is 34.3 Å². The number of nitrogens with two attached hydrogens (primary N) is 1. The van der Waals surface area contributed by atoms with Crippen LogP contribution in [0.1, 0.15) is 52.9 Å². The van der Waals surface area contributed by atoms with E-state index in [0.717, 1.165) is 25.9 Å². The molecule has 0 aromatic heterocycles. The molecule has 5 atom stereocenters. The van der Waals surface area contributed by atoms with E-state index in [9.17, 15) is 24.3 Å². The molecule has 0 radical (unpaired) electrons. The number of rotatable bonds is 4. The number of hydrogen-bond donors (Lipinski definition) is 2. The average molecular weight is 515 g/mol. The predicted molar refractivity (Wildman–Crippen MR) is 130 cm³/mol. The fraction of sp³-hybridized carbons (Fsp3) is 0.630. The van der Waals surface area contributed by atoms with Crippen LogP contribution in [0.15, 0.2) is 34.3 Å². The Bertz CT molecular complexity index is 1190. The summed E-state index contributed by atoms with van der Waals surface area (Å²) in [7, 11) is 1.46. The highest BCUT2D eigenvalue weighted by Gasteiger charge is 2.69. The van der Waals surface area contributed by atoms with Gasteiger partial charge >= 0.3 is 11.9 Å². The van der Waals surface area contributed by atoms with Crippen molar-refractivity contribution in [1.29, 1.82) is 0 Å². The van der Waals surface area contributed by atoms with E-state index in [1.54, 1.807) is 20.0 Å². The molecule has 3 fully saturated rings. The van der Waals surface area contributed by atoms with Gasteiger partial charge in [-0.1, -0.05) is 6.92 Å². The fourth-order valence-electron chi connectivity index (χ4n) is 7.19. The summed E-state index contributed by atoms with van der Waals surface area (Å²) in [6.45, 7) is 6.13. The number of methoxy groups -OCH3 is 1. The van der Waals surface area contributed by atoms with Gasteiger partial charge < -0.3 is 30.0 Å². The van der Waals surface area contributed by atoms with Gasteiger partial charge in [0, 0.05) is 57.3 Å². The van der Waals surface area contributed by atoms with Crippen molar-refractivity contribution in [3.8, 4) is 0 Å². The third-order valence-electron chi connectivity index (χ3n) is 9.20. The van der Waals surface area contributed by atoms with Gasteiger partial charge in [0.2, 0.25) is 5.78 Å². The fourth-order valence-corrected chi connectivity index (χ4v) is 7.19. The first-order chi connectivity index (χ1) is 17.4. The molecule has 0 aromatic carbocycles. The Balaban J connectivity index is 1.80. The van der Waals surface area contributed by atoms with Crippen LogP contribution in [0.4, 0.5) is 0 Å². The van der Waals surface area contributed by atoms with E-state index in [1.807, 2.05) is 4.90 Å². The van der Waals surface area contributed by atoms with Crippen LogP contribution in [-0.4, -0.2) is 78.1 Å². The number of likely N-dealkylation sites (tertiary alicyclic amines) is 1. The monoisotopic (exact) mass is 514 g/mol. The summed E-state index contributed by atoms with van der Waals surface area (Å²) in [6, 6.07) is 0. The lowest BCUT2D eigenvalue weighted by molar-refractivity contribution is -0.160. The number of hydrogen-bond acceptors (Lipinski definition) is 10. The molecule has 5 rings (SSSR count). The number of nitrogens with zero attached hydrogens (tertiary/aromatic N) is 1.